The molecule has 1 saturated heterocycles. The van der Waals surface area contributed by atoms with Crippen LogP contribution in [0.1, 0.15) is 59.3 Å². The lowest BCUT2D eigenvalue weighted by molar-refractivity contribution is 0.0107. The molecule has 114 valence electrons. The molecule has 0 aromatic heterocycles. The summed E-state index contributed by atoms with van der Waals surface area (Å²) in [6, 6.07) is 0. The summed E-state index contributed by atoms with van der Waals surface area (Å²) in [5, 5.41) is 3.53. The van der Waals surface area contributed by atoms with Gasteiger partial charge in [0.15, 0.2) is 0 Å². The molecule has 1 N–H and O–H groups in total. The van der Waals surface area contributed by atoms with E-state index in [1.807, 2.05) is 0 Å². The van der Waals surface area contributed by atoms with Crippen molar-refractivity contribution in [3.63, 3.8) is 0 Å². The Morgan fingerprint density at radius 2 is 1.68 bits per heavy atom. The zero-order valence-corrected chi connectivity index (χ0v) is 13.5. The molecule has 0 bridgehead atoms. The summed E-state index contributed by atoms with van der Waals surface area (Å²) < 4.78 is 5.95. The van der Waals surface area contributed by atoms with E-state index in [0.717, 1.165) is 13.2 Å². The highest BCUT2D eigenvalue weighted by Crippen LogP contribution is 2.13. The van der Waals surface area contributed by atoms with Gasteiger partial charge in [-0.2, -0.15) is 0 Å². The van der Waals surface area contributed by atoms with Crippen LogP contribution in [0, 0.1) is 0 Å². The molecule has 0 spiro atoms. The number of unbranched alkanes of at least 4 members (excludes halogenated alkanes) is 3. The highest BCUT2D eigenvalue weighted by Gasteiger charge is 2.16. The maximum Gasteiger partial charge on any atom is 0.0599 e. The number of likely N-dealkylation sites (tertiary alicyclic amines) is 1. The first-order valence-electron chi connectivity index (χ1n) is 8.02. The fourth-order valence-corrected chi connectivity index (χ4v) is 2.45. The number of nitrogens with zero attached hydrogens (tertiary/aromatic N) is 1. The van der Waals surface area contributed by atoms with E-state index >= 15 is 0 Å². The molecule has 0 aromatic rings. The maximum absolute atomic E-state index is 5.95. The molecular formula is C16H34N2O. The van der Waals surface area contributed by atoms with Gasteiger partial charge in [-0.1, -0.05) is 12.8 Å². The first-order chi connectivity index (χ1) is 8.97. The van der Waals surface area contributed by atoms with Crippen LogP contribution in [0.25, 0.3) is 0 Å². The summed E-state index contributed by atoms with van der Waals surface area (Å²) >= 11 is 0. The van der Waals surface area contributed by atoms with Crippen LogP contribution >= 0.6 is 0 Å². The SMILES string of the molecule is CN1CCC(OCCCCCCNC(C)(C)C)CC1. The topological polar surface area (TPSA) is 24.5 Å². The van der Waals surface area contributed by atoms with Gasteiger partial charge in [0.25, 0.3) is 0 Å². The lowest BCUT2D eigenvalue weighted by atomic mass is 10.1. The van der Waals surface area contributed by atoms with Crippen molar-refractivity contribution in [3.05, 3.63) is 0 Å². The number of piperidine rings is 1. The van der Waals surface area contributed by atoms with E-state index in [4.69, 9.17) is 4.74 Å². The Morgan fingerprint density at radius 1 is 1.05 bits per heavy atom. The number of rotatable bonds is 8. The van der Waals surface area contributed by atoms with Crippen LogP contribution in [0.3, 0.4) is 0 Å². The second-order valence-electron chi connectivity index (χ2n) is 6.96. The summed E-state index contributed by atoms with van der Waals surface area (Å²) in [7, 11) is 2.20. The number of ether oxygens (including phenoxy) is 1. The molecule has 1 fully saturated rings. The van der Waals surface area contributed by atoms with Gasteiger partial charge in [-0.05, 0) is 60.0 Å². The lowest BCUT2D eigenvalue weighted by Gasteiger charge is -2.28. The van der Waals surface area contributed by atoms with Crippen LogP contribution in [0.15, 0.2) is 0 Å². The van der Waals surface area contributed by atoms with Crippen LogP contribution in [0.2, 0.25) is 0 Å². The summed E-state index contributed by atoms with van der Waals surface area (Å²) in [4.78, 5) is 2.39. The third-order valence-electron chi connectivity index (χ3n) is 3.75. The highest BCUT2D eigenvalue weighted by atomic mass is 16.5. The van der Waals surface area contributed by atoms with Gasteiger partial charge in [-0.3, -0.25) is 0 Å². The summed E-state index contributed by atoms with van der Waals surface area (Å²) in [5.41, 5.74) is 0.261. The monoisotopic (exact) mass is 270 g/mol. The lowest BCUT2D eigenvalue weighted by Crippen LogP contribution is -2.36. The molecule has 0 saturated carbocycles. The van der Waals surface area contributed by atoms with Crippen molar-refractivity contribution in [1.82, 2.24) is 10.2 Å². The maximum atomic E-state index is 5.95. The minimum absolute atomic E-state index is 0.261. The van der Waals surface area contributed by atoms with Gasteiger partial charge in [0.1, 0.15) is 0 Å². The Kier molecular flexibility index (Phi) is 7.96. The van der Waals surface area contributed by atoms with Crippen LogP contribution in [-0.2, 0) is 4.74 Å². The Bertz CT molecular complexity index is 217. The molecule has 0 radical (unpaired) electrons. The Balaban J connectivity index is 1.84. The van der Waals surface area contributed by atoms with Gasteiger partial charge in [-0.25, -0.2) is 0 Å². The quantitative estimate of drug-likeness (QED) is 0.686. The average molecular weight is 270 g/mol. The molecule has 1 aliphatic heterocycles. The van der Waals surface area contributed by atoms with Crippen LogP contribution in [0.5, 0.6) is 0 Å². The molecule has 0 atom stereocenters. The smallest absolute Gasteiger partial charge is 0.0599 e. The minimum Gasteiger partial charge on any atom is -0.378 e. The van der Waals surface area contributed by atoms with Crippen molar-refractivity contribution in [2.45, 2.75) is 70.9 Å². The van der Waals surface area contributed by atoms with Crippen LogP contribution in [0.4, 0.5) is 0 Å². The predicted molar refractivity (Wildman–Crippen MR) is 82.7 cm³/mol. The third kappa shape index (κ3) is 9.42. The fourth-order valence-electron chi connectivity index (χ4n) is 2.45. The molecular weight excluding hydrogens is 236 g/mol. The third-order valence-corrected chi connectivity index (χ3v) is 3.75. The fraction of sp³-hybridized carbons (Fsp3) is 1.00. The number of hydrogen-bond acceptors (Lipinski definition) is 3. The molecule has 0 aromatic carbocycles. The molecule has 3 nitrogen and oxygen atoms in total. The van der Waals surface area contributed by atoms with Gasteiger partial charge >= 0.3 is 0 Å². The van der Waals surface area contributed by atoms with Crippen molar-refractivity contribution >= 4 is 0 Å². The van der Waals surface area contributed by atoms with E-state index in [9.17, 15) is 0 Å². The molecule has 0 aliphatic carbocycles. The molecule has 0 amide bonds. The van der Waals surface area contributed by atoms with Crippen molar-refractivity contribution in [2.24, 2.45) is 0 Å². The van der Waals surface area contributed by atoms with Gasteiger partial charge in [-0.15, -0.1) is 0 Å². The Morgan fingerprint density at radius 3 is 2.32 bits per heavy atom. The standard InChI is InChI=1S/C16H34N2O/c1-16(2,3)17-11-7-5-6-8-14-19-15-9-12-18(4)13-10-15/h15,17H,5-14H2,1-4H3. The van der Waals surface area contributed by atoms with Gasteiger partial charge in [0.05, 0.1) is 6.10 Å². The van der Waals surface area contributed by atoms with Crippen molar-refractivity contribution < 1.29 is 4.74 Å². The number of nitrogens with one attached hydrogen (secondary N) is 1. The normalized spacial score (nSPS) is 18.9. The van der Waals surface area contributed by atoms with E-state index in [1.165, 1.54) is 51.6 Å². The Labute approximate surface area is 120 Å². The second kappa shape index (κ2) is 8.93. The minimum atomic E-state index is 0.261. The zero-order chi connectivity index (χ0) is 14.1. The highest BCUT2D eigenvalue weighted by molar-refractivity contribution is 4.70. The summed E-state index contributed by atoms with van der Waals surface area (Å²) in [6.07, 6.45) is 8.09. The van der Waals surface area contributed by atoms with E-state index in [0.29, 0.717) is 6.10 Å². The molecule has 3 heteroatoms. The largest absolute Gasteiger partial charge is 0.378 e. The average Bonchev–Trinajstić information content (AvgIpc) is 2.33. The van der Waals surface area contributed by atoms with Crippen LogP contribution < -0.4 is 5.32 Å². The first-order valence-corrected chi connectivity index (χ1v) is 8.02. The first kappa shape index (κ1) is 16.9. The zero-order valence-electron chi connectivity index (χ0n) is 13.5. The molecule has 1 rings (SSSR count). The molecule has 19 heavy (non-hydrogen) atoms. The molecule has 1 heterocycles. The van der Waals surface area contributed by atoms with E-state index < -0.39 is 0 Å². The summed E-state index contributed by atoms with van der Waals surface area (Å²) in [5.74, 6) is 0. The van der Waals surface area contributed by atoms with E-state index in [-0.39, 0.29) is 5.54 Å². The number of hydrogen-bond donors (Lipinski definition) is 1. The van der Waals surface area contributed by atoms with E-state index in [2.05, 4.69) is 38.0 Å². The van der Waals surface area contributed by atoms with Crippen molar-refractivity contribution in [3.8, 4) is 0 Å². The van der Waals surface area contributed by atoms with Crippen molar-refractivity contribution in [1.29, 1.82) is 0 Å². The summed E-state index contributed by atoms with van der Waals surface area (Å²) in [6.45, 7) is 11.2. The van der Waals surface area contributed by atoms with Crippen LogP contribution in [-0.4, -0.2) is 49.8 Å². The van der Waals surface area contributed by atoms with Gasteiger partial charge < -0.3 is 15.0 Å². The van der Waals surface area contributed by atoms with Gasteiger partial charge in [0.2, 0.25) is 0 Å². The Hall–Kier alpha value is -0.120. The van der Waals surface area contributed by atoms with Crippen molar-refractivity contribution in [2.75, 3.05) is 33.3 Å². The molecule has 1 aliphatic rings. The predicted octanol–water partition coefficient (Wildman–Crippen LogP) is 3.05. The van der Waals surface area contributed by atoms with E-state index in [1.54, 1.807) is 0 Å². The van der Waals surface area contributed by atoms with Gasteiger partial charge in [0, 0.05) is 25.2 Å². The second-order valence-corrected chi connectivity index (χ2v) is 6.96. The molecule has 0 unspecified atom stereocenters.